The molecule has 2 aromatic rings. The van der Waals surface area contributed by atoms with Crippen molar-refractivity contribution in [1.29, 1.82) is 0 Å². The highest BCUT2D eigenvalue weighted by atomic mass is 16.7. The molecule has 0 bridgehead atoms. The zero-order valence-electron chi connectivity index (χ0n) is 10.6. The van der Waals surface area contributed by atoms with E-state index in [-0.39, 0.29) is 17.4 Å². The van der Waals surface area contributed by atoms with Gasteiger partial charge < -0.3 is 4.84 Å². The summed E-state index contributed by atoms with van der Waals surface area (Å²) in [6, 6.07) is 10.1. The summed E-state index contributed by atoms with van der Waals surface area (Å²) in [7, 11) is 0. The van der Waals surface area contributed by atoms with E-state index >= 15 is 0 Å². The SMILES string of the molecule is O=[N+]([O-])c1ccc(C2NOc3cc([N+](=O)[O-])ccc32)cc1. The summed E-state index contributed by atoms with van der Waals surface area (Å²) >= 11 is 0. The number of nitrogens with one attached hydrogen (secondary N) is 1. The maximum atomic E-state index is 10.7. The second-order valence-corrected chi connectivity index (χ2v) is 4.48. The Bertz CT molecular complexity index is 729. The smallest absolute Gasteiger partial charge is 0.273 e. The maximum Gasteiger partial charge on any atom is 0.273 e. The first-order valence-corrected chi connectivity index (χ1v) is 6.01. The molecule has 106 valence electrons. The first-order valence-electron chi connectivity index (χ1n) is 6.01. The minimum atomic E-state index is -0.497. The number of non-ortho nitro benzene ring substituents is 2. The summed E-state index contributed by atoms with van der Waals surface area (Å²) in [6.07, 6.45) is 0. The molecule has 0 saturated heterocycles. The third kappa shape index (κ3) is 2.28. The van der Waals surface area contributed by atoms with Crippen LogP contribution in [0.15, 0.2) is 42.5 Å². The van der Waals surface area contributed by atoms with Crippen LogP contribution in [-0.2, 0) is 0 Å². The second kappa shape index (κ2) is 4.84. The lowest BCUT2D eigenvalue weighted by Gasteiger charge is -2.09. The number of rotatable bonds is 3. The van der Waals surface area contributed by atoms with Gasteiger partial charge in [-0.05, 0) is 11.6 Å². The quantitative estimate of drug-likeness (QED) is 0.686. The third-order valence-electron chi connectivity index (χ3n) is 3.24. The summed E-state index contributed by atoms with van der Waals surface area (Å²) in [5.74, 6) is 0.382. The van der Waals surface area contributed by atoms with Crippen LogP contribution in [0.1, 0.15) is 17.2 Å². The predicted octanol–water partition coefficient (Wildman–Crippen LogP) is 2.49. The van der Waals surface area contributed by atoms with E-state index in [0.29, 0.717) is 5.75 Å². The van der Waals surface area contributed by atoms with Crippen LogP contribution >= 0.6 is 0 Å². The van der Waals surface area contributed by atoms with Crippen LogP contribution in [0.25, 0.3) is 0 Å². The molecule has 0 amide bonds. The lowest BCUT2D eigenvalue weighted by Crippen LogP contribution is -2.17. The molecule has 1 N–H and O–H groups in total. The Morgan fingerprint density at radius 2 is 1.57 bits per heavy atom. The fraction of sp³-hybridized carbons (Fsp3) is 0.0769. The van der Waals surface area contributed by atoms with Crippen LogP contribution in [-0.4, -0.2) is 9.85 Å². The van der Waals surface area contributed by atoms with Gasteiger partial charge in [0.05, 0.1) is 22.0 Å². The van der Waals surface area contributed by atoms with Crippen molar-refractivity contribution in [3.05, 3.63) is 73.8 Å². The number of hydrogen-bond acceptors (Lipinski definition) is 6. The van der Waals surface area contributed by atoms with Crippen LogP contribution in [0.4, 0.5) is 11.4 Å². The number of hydrogen-bond donors (Lipinski definition) is 1. The van der Waals surface area contributed by atoms with Crippen molar-refractivity contribution in [1.82, 2.24) is 5.48 Å². The van der Waals surface area contributed by atoms with Gasteiger partial charge in [0.2, 0.25) is 0 Å². The zero-order valence-corrected chi connectivity index (χ0v) is 10.6. The molecule has 8 heteroatoms. The maximum absolute atomic E-state index is 10.7. The van der Waals surface area contributed by atoms with Crippen molar-refractivity contribution in [3.63, 3.8) is 0 Å². The summed E-state index contributed by atoms with van der Waals surface area (Å²) in [5, 5.41) is 21.4. The van der Waals surface area contributed by atoms with E-state index in [1.54, 1.807) is 18.2 Å². The van der Waals surface area contributed by atoms with Crippen LogP contribution < -0.4 is 10.3 Å². The van der Waals surface area contributed by atoms with Gasteiger partial charge in [0.15, 0.2) is 5.75 Å². The Morgan fingerprint density at radius 3 is 2.19 bits per heavy atom. The number of nitrogens with zero attached hydrogens (tertiary/aromatic N) is 2. The molecule has 0 spiro atoms. The van der Waals surface area contributed by atoms with Gasteiger partial charge in [0.1, 0.15) is 0 Å². The molecule has 1 aliphatic heterocycles. The summed E-state index contributed by atoms with van der Waals surface area (Å²) in [5.41, 5.74) is 4.22. The van der Waals surface area contributed by atoms with Crippen molar-refractivity contribution in [3.8, 4) is 5.75 Å². The molecule has 8 nitrogen and oxygen atoms in total. The van der Waals surface area contributed by atoms with E-state index in [2.05, 4.69) is 5.48 Å². The van der Waals surface area contributed by atoms with Gasteiger partial charge in [0.25, 0.3) is 11.4 Å². The molecule has 1 heterocycles. The van der Waals surface area contributed by atoms with Crippen molar-refractivity contribution in [2.75, 3.05) is 0 Å². The van der Waals surface area contributed by atoms with Gasteiger partial charge in [-0.1, -0.05) is 12.1 Å². The van der Waals surface area contributed by atoms with E-state index in [0.717, 1.165) is 11.1 Å². The molecule has 0 aromatic heterocycles. The first kappa shape index (κ1) is 13.0. The van der Waals surface area contributed by atoms with Crippen LogP contribution in [0.5, 0.6) is 5.75 Å². The lowest BCUT2D eigenvalue weighted by molar-refractivity contribution is -0.385. The average molecular weight is 287 g/mol. The molecular weight excluding hydrogens is 278 g/mol. The summed E-state index contributed by atoms with van der Waals surface area (Å²) < 4.78 is 0. The Labute approximate surface area is 118 Å². The Hall–Kier alpha value is -3.00. The normalized spacial score (nSPS) is 16.1. The first-order chi connectivity index (χ1) is 10.1. The van der Waals surface area contributed by atoms with E-state index in [1.807, 2.05) is 0 Å². The summed E-state index contributed by atoms with van der Waals surface area (Å²) in [4.78, 5) is 25.6. The number of nitro groups is 2. The van der Waals surface area contributed by atoms with Gasteiger partial charge >= 0.3 is 0 Å². The van der Waals surface area contributed by atoms with Gasteiger partial charge in [0, 0.05) is 23.8 Å². The fourth-order valence-corrected chi connectivity index (χ4v) is 2.19. The van der Waals surface area contributed by atoms with Gasteiger partial charge in [-0.25, -0.2) is 0 Å². The lowest BCUT2D eigenvalue weighted by atomic mass is 9.99. The Kier molecular flexibility index (Phi) is 2.99. The number of fused-ring (bicyclic) bond motifs is 1. The molecule has 0 saturated carbocycles. The average Bonchev–Trinajstić information content (AvgIpc) is 2.90. The predicted molar refractivity (Wildman–Crippen MR) is 71.8 cm³/mol. The topological polar surface area (TPSA) is 108 Å². The highest BCUT2D eigenvalue weighted by Gasteiger charge is 2.27. The number of nitro benzene ring substituents is 2. The molecular formula is C13H9N3O5. The van der Waals surface area contributed by atoms with Crippen LogP contribution in [0.2, 0.25) is 0 Å². The minimum absolute atomic E-state index is 0.00147. The van der Waals surface area contributed by atoms with Crippen molar-refractivity contribution in [2.24, 2.45) is 0 Å². The highest BCUT2D eigenvalue weighted by molar-refractivity contribution is 5.50. The summed E-state index contributed by atoms with van der Waals surface area (Å²) in [6.45, 7) is 0. The molecule has 0 fully saturated rings. The van der Waals surface area contributed by atoms with E-state index in [9.17, 15) is 20.2 Å². The molecule has 0 radical (unpaired) electrons. The van der Waals surface area contributed by atoms with Gasteiger partial charge in [-0.15, -0.1) is 5.48 Å². The second-order valence-electron chi connectivity index (χ2n) is 4.48. The number of benzene rings is 2. The molecule has 3 rings (SSSR count). The molecule has 21 heavy (non-hydrogen) atoms. The largest absolute Gasteiger partial charge is 0.407 e. The Morgan fingerprint density at radius 1 is 0.952 bits per heavy atom. The molecule has 1 aliphatic rings. The molecule has 0 aliphatic carbocycles. The minimum Gasteiger partial charge on any atom is -0.407 e. The number of hydroxylamine groups is 1. The van der Waals surface area contributed by atoms with E-state index in [1.165, 1.54) is 24.3 Å². The zero-order chi connectivity index (χ0) is 15.0. The standard InChI is InChI=1S/C13H9N3O5/c17-15(18)9-3-1-8(2-4-9)13-11-6-5-10(16(19)20)7-12(11)21-14-13/h1-7,13-14H. The Balaban J connectivity index is 1.93. The van der Waals surface area contributed by atoms with Crippen molar-refractivity contribution < 1.29 is 14.7 Å². The van der Waals surface area contributed by atoms with Crippen LogP contribution in [0.3, 0.4) is 0 Å². The molecule has 1 unspecified atom stereocenters. The van der Waals surface area contributed by atoms with Gasteiger partial charge in [-0.2, -0.15) is 0 Å². The third-order valence-corrected chi connectivity index (χ3v) is 3.24. The molecule has 1 atom stereocenters. The monoisotopic (exact) mass is 287 g/mol. The van der Waals surface area contributed by atoms with Crippen molar-refractivity contribution in [2.45, 2.75) is 6.04 Å². The fourth-order valence-electron chi connectivity index (χ4n) is 2.19. The van der Waals surface area contributed by atoms with E-state index < -0.39 is 9.85 Å². The van der Waals surface area contributed by atoms with Crippen molar-refractivity contribution >= 4 is 11.4 Å². The highest BCUT2D eigenvalue weighted by Crippen LogP contribution is 2.37. The van der Waals surface area contributed by atoms with Gasteiger partial charge in [-0.3, -0.25) is 20.2 Å². The molecule has 2 aromatic carbocycles. The van der Waals surface area contributed by atoms with Crippen LogP contribution in [0, 0.1) is 20.2 Å². The van der Waals surface area contributed by atoms with E-state index in [4.69, 9.17) is 4.84 Å².